The molecule has 1 amide bonds. The van der Waals surface area contributed by atoms with Gasteiger partial charge in [0.1, 0.15) is 5.75 Å². The summed E-state index contributed by atoms with van der Waals surface area (Å²) in [4.78, 5) is 24.5. The molecule has 2 aromatic carbocycles. The van der Waals surface area contributed by atoms with Crippen LogP contribution in [0.15, 0.2) is 48.5 Å². The van der Waals surface area contributed by atoms with Gasteiger partial charge in [-0.2, -0.15) is 0 Å². The van der Waals surface area contributed by atoms with E-state index < -0.39 is 6.04 Å². The van der Waals surface area contributed by atoms with Crippen LogP contribution >= 0.6 is 0 Å². The Bertz CT molecular complexity index is 723. The number of hydrogen-bond donors (Lipinski definition) is 1. The summed E-state index contributed by atoms with van der Waals surface area (Å²) >= 11 is 0. The summed E-state index contributed by atoms with van der Waals surface area (Å²) in [6.07, 6.45) is 0.0830. The number of nitrogens with one attached hydrogen (secondary N) is 1. The van der Waals surface area contributed by atoms with E-state index in [0.29, 0.717) is 24.5 Å². The molecule has 0 radical (unpaired) electrons. The zero-order chi connectivity index (χ0) is 18.9. The molecule has 2 aromatic rings. The van der Waals surface area contributed by atoms with Crippen LogP contribution in [-0.4, -0.2) is 25.1 Å². The van der Waals surface area contributed by atoms with Gasteiger partial charge in [-0.1, -0.05) is 29.8 Å². The van der Waals surface area contributed by atoms with Crippen LogP contribution in [0.3, 0.4) is 0 Å². The smallest absolute Gasteiger partial charge is 0.308 e. The van der Waals surface area contributed by atoms with E-state index in [1.807, 2.05) is 38.1 Å². The van der Waals surface area contributed by atoms with Crippen LogP contribution in [0.25, 0.3) is 0 Å². The molecule has 26 heavy (non-hydrogen) atoms. The molecule has 5 heteroatoms. The zero-order valence-electron chi connectivity index (χ0n) is 15.5. The predicted molar refractivity (Wildman–Crippen MR) is 100 cm³/mol. The maximum Gasteiger partial charge on any atom is 0.308 e. The normalized spacial score (nSPS) is 11.5. The van der Waals surface area contributed by atoms with Crippen molar-refractivity contribution in [3.63, 3.8) is 0 Å². The molecule has 0 bridgehead atoms. The number of amides is 1. The first-order chi connectivity index (χ1) is 12.5. The summed E-state index contributed by atoms with van der Waals surface area (Å²) in [5.41, 5.74) is 2.49. The Morgan fingerprint density at radius 1 is 0.962 bits per heavy atom. The molecule has 0 aromatic heterocycles. The van der Waals surface area contributed by atoms with Crippen molar-refractivity contribution >= 4 is 11.9 Å². The minimum Gasteiger partial charge on any atom is -0.494 e. The summed E-state index contributed by atoms with van der Waals surface area (Å²) < 4.78 is 10.4. The fourth-order valence-electron chi connectivity index (χ4n) is 2.55. The average molecular weight is 355 g/mol. The van der Waals surface area contributed by atoms with E-state index in [1.54, 1.807) is 31.2 Å². The fraction of sp³-hybridized carbons (Fsp3) is 0.333. The number of hydrogen-bond acceptors (Lipinski definition) is 4. The van der Waals surface area contributed by atoms with Gasteiger partial charge in [-0.15, -0.1) is 0 Å². The second-order valence-electron chi connectivity index (χ2n) is 5.90. The lowest BCUT2D eigenvalue weighted by Gasteiger charge is -2.19. The highest BCUT2D eigenvalue weighted by Crippen LogP contribution is 2.20. The van der Waals surface area contributed by atoms with Gasteiger partial charge in [0.25, 0.3) is 5.91 Å². The van der Waals surface area contributed by atoms with Crippen molar-refractivity contribution in [2.24, 2.45) is 0 Å². The third-order valence-corrected chi connectivity index (χ3v) is 3.89. The molecule has 138 valence electrons. The van der Waals surface area contributed by atoms with E-state index in [1.165, 1.54) is 0 Å². The van der Waals surface area contributed by atoms with Crippen LogP contribution in [-0.2, 0) is 9.53 Å². The molecular formula is C21H25NO4. The van der Waals surface area contributed by atoms with Crippen LogP contribution in [0.4, 0.5) is 0 Å². The summed E-state index contributed by atoms with van der Waals surface area (Å²) in [5.74, 6) is 0.124. The number of benzene rings is 2. The first-order valence-electron chi connectivity index (χ1n) is 8.79. The highest BCUT2D eigenvalue weighted by Gasteiger charge is 2.20. The molecule has 0 aliphatic carbocycles. The molecular weight excluding hydrogens is 330 g/mol. The predicted octanol–water partition coefficient (Wildman–Crippen LogP) is 3.82. The largest absolute Gasteiger partial charge is 0.494 e. The maximum atomic E-state index is 12.6. The van der Waals surface area contributed by atoms with Crippen LogP contribution in [0.2, 0.25) is 0 Å². The fourth-order valence-corrected chi connectivity index (χ4v) is 2.55. The van der Waals surface area contributed by atoms with Crippen LogP contribution in [0.1, 0.15) is 47.8 Å². The van der Waals surface area contributed by atoms with Crippen molar-refractivity contribution in [2.45, 2.75) is 33.2 Å². The van der Waals surface area contributed by atoms with Gasteiger partial charge in [0.15, 0.2) is 0 Å². The van der Waals surface area contributed by atoms with Crippen molar-refractivity contribution < 1.29 is 19.1 Å². The molecule has 0 fully saturated rings. The molecule has 0 saturated carbocycles. The summed E-state index contributed by atoms with van der Waals surface area (Å²) in [5, 5.41) is 2.93. The first-order valence-corrected chi connectivity index (χ1v) is 8.79. The summed E-state index contributed by atoms with van der Waals surface area (Å²) in [6.45, 7) is 6.54. The Morgan fingerprint density at radius 2 is 1.62 bits per heavy atom. The standard InChI is InChI=1S/C21H25NO4/c1-4-25-18-12-10-17(11-13-18)21(24)22-19(14-20(23)26-5-2)16-8-6-15(3)7-9-16/h6-13,19H,4-5,14H2,1-3H3,(H,22,24)/t19-/m1/s1. The average Bonchev–Trinajstić information content (AvgIpc) is 2.63. The monoisotopic (exact) mass is 355 g/mol. The second-order valence-corrected chi connectivity index (χ2v) is 5.90. The summed E-state index contributed by atoms with van der Waals surface area (Å²) in [6, 6.07) is 14.2. The number of rotatable bonds is 8. The lowest BCUT2D eigenvalue weighted by atomic mass is 10.0. The van der Waals surface area contributed by atoms with E-state index in [0.717, 1.165) is 11.1 Å². The van der Waals surface area contributed by atoms with E-state index in [4.69, 9.17) is 9.47 Å². The Kier molecular flexibility index (Phi) is 7.21. The number of carbonyl (C=O) groups excluding carboxylic acids is 2. The molecule has 1 atom stereocenters. The zero-order valence-corrected chi connectivity index (χ0v) is 15.5. The van der Waals surface area contributed by atoms with Gasteiger partial charge in [0, 0.05) is 5.56 Å². The lowest BCUT2D eigenvalue weighted by molar-refractivity contribution is -0.143. The topological polar surface area (TPSA) is 64.6 Å². The second kappa shape index (κ2) is 9.61. The third-order valence-electron chi connectivity index (χ3n) is 3.89. The van der Waals surface area contributed by atoms with Gasteiger partial charge >= 0.3 is 5.97 Å². The Hall–Kier alpha value is -2.82. The molecule has 0 heterocycles. The number of esters is 1. The lowest BCUT2D eigenvalue weighted by Crippen LogP contribution is -2.30. The van der Waals surface area contributed by atoms with Crippen molar-refractivity contribution in [1.82, 2.24) is 5.32 Å². The number of aryl methyl sites for hydroxylation is 1. The van der Waals surface area contributed by atoms with Crippen molar-refractivity contribution in [3.8, 4) is 5.75 Å². The van der Waals surface area contributed by atoms with Crippen molar-refractivity contribution in [2.75, 3.05) is 13.2 Å². The van der Waals surface area contributed by atoms with E-state index in [9.17, 15) is 9.59 Å². The molecule has 2 rings (SSSR count). The molecule has 0 aliphatic rings. The molecule has 0 spiro atoms. The van der Waals surface area contributed by atoms with Crippen LogP contribution in [0, 0.1) is 6.92 Å². The number of carbonyl (C=O) groups is 2. The third kappa shape index (κ3) is 5.62. The minimum atomic E-state index is -0.450. The van der Waals surface area contributed by atoms with E-state index >= 15 is 0 Å². The van der Waals surface area contributed by atoms with Gasteiger partial charge < -0.3 is 14.8 Å². The molecule has 0 aliphatic heterocycles. The Balaban J connectivity index is 2.15. The van der Waals surface area contributed by atoms with Crippen molar-refractivity contribution in [3.05, 3.63) is 65.2 Å². The highest BCUT2D eigenvalue weighted by molar-refractivity contribution is 5.94. The summed E-state index contributed by atoms with van der Waals surface area (Å²) in [7, 11) is 0. The van der Waals surface area contributed by atoms with Gasteiger partial charge in [-0.25, -0.2) is 0 Å². The number of ether oxygens (including phenoxy) is 2. The first kappa shape index (κ1) is 19.5. The highest BCUT2D eigenvalue weighted by atomic mass is 16.5. The minimum absolute atomic E-state index is 0.0830. The van der Waals surface area contributed by atoms with Gasteiger partial charge in [0.05, 0.1) is 25.7 Å². The Labute approximate surface area is 154 Å². The van der Waals surface area contributed by atoms with E-state index in [-0.39, 0.29) is 18.3 Å². The molecule has 0 unspecified atom stereocenters. The van der Waals surface area contributed by atoms with Crippen LogP contribution < -0.4 is 10.1 Å². The Morgan fingerprint density at radius 3 is 2.19 bits per heavy atom. The SMILES string of the molecule is CCOC(=O)C[C@@H](NC(=O)c1ccc(OCC)cc1)c1ccc(C)cc1. The molecule has 0 saturated heterocycles. The quantitative estimate of drug-likeness (QED) is 0.731. The van der Waals surface area contributed by atoms with E-state index in [2.05, 4.69) is 5.32 Å². The maximum absolute atomic E-state index is 12.6. The van der Waals surface area contributed by atoms with Gasteiger partial charge in [-0.05, 0) is 50.6 Å². The van der Waals surface area contributed by atoms with Gasteiger partial charge in [-0.3, -0.25) is 9.59 Å². The van der Waals surface area contributed by atoms with Crippen molar-refractivity contribution in [1.29, 1.82) is 0 Å². The molecule has 1 N–H and O–H groups in total. The molecule has 5 nitrogen and oxygen atoms in total. The van der Waals surface area contributed by atoms with Crippen LogP contribution in [0.5, 0.6) is 5.75 Å². The van der Waals surface area contributed by atoms with Gasteiger partial charge in [0.2, 0.25) is 0 Å².